The molecule has 3 N–H and O–H groups in total. The number of hydrogen-bond donors (Lipinski definition) is 2. The number of carbonyl (C=O) groups excluding carboxylic acids is 2. The van der Waals surface area contributed by atoms with E-state index in [2.05, 4.69) is 5.32 Å². The number of anilines is 1. The molecule has 4 nitrogen and oxygen atoms in total. The SMILES string of the molecule is CC(C)C[C@H](N)C(=O)Nc1ccc2c(c1)C(=O)CCC2.Cl. The summed E-state index contributed by atoms with van der Waals surface area (Å²) in [6, 6.07) is 5.03. The van der Waals surface area contributed by atoms with Crippen LogP contribution in [0, 0.1) is 5.92 Å². The molecule has 0 heterocycles. The van der Waals surface area contributed by atoms with Crippen molar-refractivity contribution in [2.75, 3.05) is 5.32 Å². The van der Waals surface area contributed by atoms with Crippen molar-refractivity contribution in [2.45, 2.75) is 45.6 Å². The maximum Gasteiger partial charge on any atom is 0.241 e. The number of benzene rings is 1. The smallest absolute Gasteiger partial charge is 0.241 e. The van der Waals surface area contributed by atoms with Gasteiger partial charge >= 0.3 is 0 Å². The Labute approximate surface area is 131 Å². The maximum absolute atomic E-state index is 12.0. The van der Waals surface area contributed by atoms with Crippen LogP contribution in [0.4, 0.5) is 5.69 Å². The molecule has 2 rings (SSSR count). The first-order valence-corrected chi connectivity index (χ1v) is 7.20. The third-order valence-electron chi connectivity index (χ3n) is 3.59. The van der Waals surface area contributed by atoms with Crippen LogP contribution in [-0.2, 0) is 11.2 Å². The van der Waals surface area contributed by atoms with Crippen molar-refractivity contribution in [1.82, 2.24) is 0 Å². The van der Waals surface area contributed by atoms with Crippen LogP contribution in [-0.4, -0.2) is 17.7 Å². The Balaban J connectivity index is 0.00000220. The summed E-state index contributed by atoms with van der Waals surface area (Å²) in [5.41, 5.74) is 8.32. The van der Waals surface area contributed by atoms with E-state index in [1.165, 1.54) is 0 Å². The summed E-state index contributed by atoms with van der Waals surface area (Å²) in [5.74, 6) is 0.344. The minimum Gasteiger partial charge on any atom is -0.325 e. The van der Waals surface area contributed by atoms with E-state index >= 15 is 0 Å². The van der Waals surface area contributed by atoms with Gasteiger partial charge in [0.1, 0.15) is 0 Å². The van der Waals surface area contributed by atoms with Gasteiger partial charge in [-0.1, -0.05) is 19.9 Å². The standard InChI is InChI=1S/C16H22N2O2.ClH/c1-10(2)8-14(17)16(20)18-12-7-6-11-4-3-5-15(19)13(11)9-12;/h6-7,9-10,14H,3-5,8,17H2,1-2H3,(H,18,20);1H/t14-;/m0./s1. The Bertz CT molecular complexity index is 529. The van der Waals surface area contributed by atoms with Crippen LogP contribution in [0.5, 0.6) is 0 Å². The predicted molar refractivity (Wildman–Crippen MR) is 87.0 cm³/mol. The van der Waals surface area contributed by atoms with Gasteiger partial charge in [0.2, 0.25) is 5.91 Å². The quantitative estimate of drug-likeness (QED) is 0.898. The van der Waals surface area contributed by atoms with Gasteiger partial charge in [0.25, 0.3) is 0 Å². The summed E-state index contributed by atoms with van der Waals surface area (Å²) in [6.45, 7) is 4.06. The molecule has 1 aliphatic carbocycles. The molecule has 5 heteroatoms. The van der Waals surface area contributed by atoms with Gasteiger partial charge in [-0.15, -0.1) is 12.4 Å². The number of nitrogens with one attached hydrogen (secondary N) is 1. The van der Waals surface area contributed by atoms with Crippen LogP contribution in [0.3, 0.4) is 0 Å². The third kappa shape index (κ3) is 4.55. The molecule has 0 saturated carbocycles. The summed E-state index contributed by atoms with van der Waals surface area (Å²) in [6.07, 6.45) is 3.09. The van der Waals surface area contributed by atoms with E-state index in [9.17, 15) is 9.59 Å². The van der Waals surface area contributed by atoms with E-state index in [0.29, 0.717) is 24.4 Å². The zero-order valence-corrected chi connectivity index (χ0v) is 13.3. The zero-order chi connectivity index (χ0) is 14.7. The van der Waals surface area contributed by atoms with Gasteiger partial charge in [-0.3, -0.25) is 9.59 Å². The molecule has 1 aliphatic rings. The lowest BCUT2D eigenvalue weighted by Gasteiger charge is -2.17. The molecule has 0 fully saturated rings. The van der Waals surface area contributed by atoms with E-state index in [1.54, 1.807) is 6.07 Å². The minimum atomic E-state index is -0.512. The fourth-order valence-electron chi connectivity index (χ4n) is 2.56. The van der Waals surface area contributed by atoms with Crippen LogP contribution in [0.1, 0.15) is 49.0 Å². The summed E-state index contributed by atoms with van der Waals surface area (Å²) in [4.78, 5) is 23.8. The molecule has 0 aliphatic heterocycles. The van der Waals surface area contributed by atoms with Gasteiger partial charge in [-0.2, -0.15) is 0 Å². The highest BCUT2D eigenvalue weighted by atomic mass is 35.5. The Hall–Kier alpha value is -1.39. The summed E-state index contributed by atoms with van der Waals surface area (Å²) in [5, 5.41) is 2.80. The number of amides is 1. The molecule has 1 atom stereocenters. The maximum atomic E-state index is 12.0. The molecule has 0 aromatic heterocycles. The van der Waals surface area contributed by atoms with Crippen LogP contribution in [0.25, 0.3) is 0 Å². The highest BCUT2D eigenvalue weighted by Gasteiger charge is 2.19. The lowest BCUT2D eigenvalue weighted by atomic mass is 9.90. The lowest BCUT2D eigenvalue weighted by Crippen LogP contribution is -2.36. The van der Waals surface area contributed by atoms with E-state index in [1.807, 2.05) is 26.0 Å². The topological polar surface area (TPSA) is 72.2 Å². The first-order valence-electron chi connectivity index (χ1n) is 7.20. The average molecular weight is 311 g/mol. The van der Waals surface area contributed by atoms with Crippen molar-refractivity contribution in [2.24, 2.45) is 11.7 Å². The number of hydrogen-bond acceptors (Lipinski definition) is 3. The number of rotatable bonds is 4. The Morgan fingerprint density at radius 2 is 2.05 bits per heavy atom. The number of ketones is 1. The minimum absolute atomic E-state index is 0. The van der Waals surface area contributed by atoms with Crippen LogP contribution < -0.4 is 11.1 Å². The van der Waals surface area contributed by atoms with Crippen molar-refractivity contribution in [3.63, 3.8) is 0 Å². The first-order chi connectivity index (χ1) is 9.47. The number of nitrogens with two attached hydrogens (primary N) is 1. The highest BCUT2D eigenvalue weighted by molar-refractivity contribution is 6.01. The number of carbonyl (C=O) groups is 2. The van der Waals surface area contributed by atoms with E-state index < -0.39 is 6.04 Å². The molecule has 0 bridgehead atoms. The molecular formula is C16H23ClN2O2. The molecule has 0 spiro atoms. The van der Waals surface area contributed by atoms with E-state index in [0.717, 1.165) is 24.0 Å². The second kappa shape index (κ2) is 7.57. The summed E-state index contributed by atoms with van der Waals surface area (Å²) in [7, 11) is 0. The molecular weight excluding hydrogens is 288 g/mol. The Kier molecular flexibility index (Phi) is 6.37. The van der Waals surface area contributed by atoms with Crippen LogP contribution >= 0.6 is 12.4 Å². The van der Waals surface area contributed by atoms with Crippen molar-refractivity contribution < 1.29 is 9.59 Å². The van der Waals surface area contributed by atoms with E-state index in [4.69, 9.17) is 5.73 Å². The summed E-state index contributed by atoms with van der Waals surface area (Å²) >= 11 is 0. The molecule has 1 aromatic rings. The van der Waals surface area contributed by atoms with Crippen LogP contribution in [0.2, 0.25) is 0 Å². The van der Waals surface area contributed by atoms with Gasteiger partial charge in [0.05, 0.1) is 6.04 Å². The molecule has 1 aromatic carbocycles. The number of fused-ring (bicyclic) bond motifs is 1. The second-order valence-corrected chi connectivity index (χ2v) is 5.87. The molecule has 116 valence electrons. The molecule has 0 saturated heterocycles. The number of Topliss-reactive ketones (excluding diaryl/α,β-unsaturated/α-hetero) is 1. The van der Waals surface area contributed by atoms with Gasteiger partial charge < -0.3 is 11.1 Å². The van der Waals surface area contributed by atoms with Crippen molar-refractivity contribution in [1.29, 1.82) is 0 Å². The highest BCUT2D eigenvalue weighted by Crippen LogP contribution is 2.24. The first kappa shape index (κ1) is 17.7. The van der Waals surface area contributed by atoms with Gasteiger partial charge in [0, 0.05) is 17.7 Å². The largest absolute Gasteiger partial charge is 0.325 e. The molecule has 21 heavy (non-hydrogen) atoms. The fourth-order valence-corrected chi connectivity index (χ4v) is 2.56. The van der Waals surface area contributed by atoms with Crippen LogP contribution in [0.15, 0.2) is 18.2 Å². The Morgan fingerprint density at radius 1 is 1.33 bits per heavy atom. The molecule has 0 unspecified atom stereocenters. The number of aryl methyl sites for hydroxylation is 1. The van der Waals surface area contributed by atoms with Gasteiger partial charge in [0.15, 0.2) is 5.78 Å². The molecule has 0 radical (unpaired) electrons. The lowest BCUT2D eigenvalue weighted by molar-refractivity contribution is -0.117. The zero-order valence-electron chi connectivity index (χ0n) is 12.5. The van der Waals surface area contributed by atoms with Crippen molar-refractivity contribution in [3.05, 3.63) is 29.3 Å². The summed E-state index contributed by atoms with van der Waals surface area (Å²) < 4.78 is 0. The third-order valence-corrected chi connectivity index (χ3v) is 3.59. The number of halogens is 1. The fraction of sp³-hybridized carbons (Fsp3) is 0.500. The van der Waals surface area contributed by atoms with Gasteiger partial charge in [-0.05, 0) is 42.9 Å². The normalized spacial score (nSPS) is 15.1. The Morgan fingerprint density at radius 3 is 2.71 bits per heavy atom. The van der Waals surface area contributed by atoms with E-state index in [-0.39, 0.29) is 24.1 Å². The average Bonchev–Trinajstić information content (AvgIpc) is 2.39. The molecule has 1 amide bonds. The monoisotopic (exact) mass is 310 g/mol. The predicted octanol–water partition coefficient (Wildman–Crippen LogP) is 2.94. The van der Waals surface area contributed by atoms with Gasteiger partial charge in [-0.25, -0.2) is 0 Å². The second-order valence-electron chi connectivity index (χ2n) is 5.87. The van der Waals surface area contributed by atoms with Crippen molar-refractivity contribution >= 4 is 29.8 Å². The van der Waals surface area contributed by atoms with Crippen molar-refractivity contribution in [3.8, 4) is 0 Å².